The van der Waals surface area contributed by atoms with E-state index in [2.05, 4.69) is 17.6 Å². The zero-order valence-electron chi connectivity index (χ0n) is 12.9. The Balaban J connectivity index is 1.90. The van der Waals surface area contributed by atoms with E-state index in [9.17, 15) is 4.79 Å². The number of rotatable bonds is 6. The molecule has 0 saturated heterocycles. The highest BCUT2D eigenvalue weighted by Crippen LogP contribution is 2.17. The number of nitrogens with one attached hydrogen (secondary N) is 2. The highest BCUT2D eigenvalue weighted by molar-refractivity contribution is 6.30. The summed E-state index contributed by atoms with van der Waals surface area (Å²) in [5.41, 5.74) is 3.21. The van der Waals surface area contributed by atoms with Gasteiger partial charge in [-0.1, -0.05) is 42.8 Å². The van der Waals surface area contributed by atoms with Crippen molar-refractivity contribution >= 4 is 23.2 Å². The van der Waals surface area contributed by atoms with Crippen molar-refractivity contribution in [2.45, 2.75) is 32.9 Å². The summed E-state index contributed by atoms with van der Waals surface area (Å²) in [6, 6.07) is 16.0. The van der Waals surface area contributed by atoms with Crippen molar-refractivity contribution in [2.75, 3.05) is 5.32 Å². The van der Waals surface area contributed by atoms with Crippen LogP contribution in [0.25, 0.3) is 0 Å². The number of hydrogen-bond donors (Lipinski definition) is 2. The normalized spacial score (nSPS) is 12.0. The van der Waals surface area contributed by atoms with Gasteiger partial charge in [0.25, 0.3) is 0 Å². The highest BCUT2D eigenvalue weighted by atomic mass is 35.5. The van der Waals surface area contributed by atoms with E-state index >= 15 is 0 Å². The Morgan fingerprint density at radius 2 is 1.73 bits per heavy atom. The molecule has 0 aliphatic rings. The predicted octanol–water partition coefficient (Wildman–Crippen LogP) is 4.54. The minimum atomic E-state index is 0.0293. The quantitative estimate of drug-likeness (QED) is 0.821. The molecular weight excluding hydrogens is 296 g/mol. The first-order chi connectivity index (χ1) is 10.6. The van der Waals surface area contributed by atoms with Crippen LogP contribution in [0, 0.1) is 0 Å². The highest BCUT2D eigenvalue weighted by Gasteiger charge is 2.06. The molecule has 2 aromatic rings. The van der Waals surface area contributed by atoms with Crippen LogP contribution in [0.1, 0.15) is 37.4 Å². The maximum atomic E-state index is 11.4. The van der Waals surface area contributed by atoms with Gasteiger partial charge in [-0.25, -0.2) is 0 Å². The van der Waals surface area contributed by atoms with Gasteiger partial charge in [0.1, 0.15) is 0 Å². The number of amides is 1. The number of anilines is 1. The van der Waals surface area contributed by atoms with Gasteiger partial charge in [-0.2, -0.15) is 0 Å². The van der Waals surface area contributed by atoms with E-state index in [0.717, 1.165) is 17.3 Å². The topological polar surface area (TPSA) is 41.1 Å². The summed E-state index contributed by atoms with van der Waals surface area (Å²) in [6.45, 7) is 4.74. The van der Waals surface area contributed by atoms with E-state index in [1.54, 1.807) is 0 Å². The summed E-state index contributed by atoms with van der Waals surface area (Å²) in [5, 5.41) is 7.08. The molecule has 116 valence electrons. The van der Waals surface area contributed by atoms with Gasteiger partial charge < -0.3 is 10.6 Å². The van der Waals surface area contributed by atoms with Crippen LogP contribution >= 0.6 is 11.6 Å². The Morgan fingerprint density at radius 1 is 1.09 bits per heavy atom. The molecule has 4 heteroatoms. The summed E-state index contributed by atoms with van der Waals surface area (Å²) in [6.07, 6.45) is 0.487. The molecule has 2 N–H and O–H groups in total. The first-order valence-electron chi connectivity index (χ1n) is 7.46. The van der Waals surface area contributed by atoms with Gasteiger partial charge in [-0.05, 0) is 42.3 Å². The first-order valence-corrected chi connectivity index (χ1v) is 7.84. The van der Waals surface area contributed by atoms with E-state index in [1.807, 2.05) is 55.5 Å². The van der Waals surface area contributed by atoms with Crippen LogP contribution in [0.5, 0.6) is 0 Å². The molecule has 0 radical (unpaired) electrons. The smallest absolute Gasteiger partial charge is 0.224 e. The maximum absolute atomic E-state index is 11.4. The lowest BCUT2D eigenvalue weighted by atomic mass is 10.1. The Bertz CT molecular complexity index is 608. The van der Waals surface area contributed by atoms with Crippen molar-refractivity contribution in [3.8, 4) is 0 Å². The predicted molar refractivity (Wildman–Crippen MR) is 92.1 cm³/mol. The third-order valence-corrected chi connectivity index (χ3v) is 3.79. The molecule has 2 aromatic carbocycles. The van der Waals surface area contributed by atoms with Crippen LogP contribution in [-0.4, -0.2) is 5.91 Å². The first kappa shape index (κ1) is 16.5. The van der Waals surface area contributed by atoms with Gasteiger partial charge in [0.15, 0.2) is 0 Å². The third kappa shape index (κ3) is 4.86. The van der Waals surface area contributed by atoms with Crippen LogP contribution < -0.4 is 10.6 Å². The van der Waals surface area contributed by atoms with Gasteiger partial charge in [0.2, 0.25) is 5.91 Å². The average Bonchev–Trinajstić information content (AvgIpc) is 2.54. The largest absolute Gasteiger partial charge is 0.326 e. The number of benzene rings is 2. The molecule has 3 nitrogen and oxygen atoms in total. The second kappa shape index (κ2) is 7.97. The van der Waals surface area contributed by atoms with Crippen LogP contribution in [-0.2, 0) is 11.3 Å². The Labute approximate surface area is 136 Å². The monoisotopic (exact) mass is 316 g/mol. The molecule has 1 amide bonds. The lowest BCUT2D eigenvalue weighted by Gasteiger charge is -2.15. The van der Waals surface area contributed by atoms with E-state index in [-0.39, 0.29) is 11.9 Å². The van der Waals surface area contributed by atoms with Crippen molar-refractivity contribution in [3.05, 3.63) is 64.7 Å². The molecule has 22 heavy (non-hydrogen) atoms. The molecule has 0 fully saturated rings. The van der Waals surface area contributed by atoms with Crippen molar-refractivity contribution in [3.63, 3.8) is 0 Å². The standard InChI is InChI=1S/C18H21ClN2O/c1-3-18(22)21-17-10-6-15(7-11-17)13(2)20-12-14-4-8-16(19)9-5-14/h4-11,13,20H,3,12H2,1-2H3,(H,21,22)/t13-/m0/s1. The SMILES string of the molecule is CCC(=O)Nc1ccc([C@H](C)NCc2ccc(Cl)cc2)cc1. The van der Waals surface area contributed by atoms with E-state index in [0.29, 0.717) is 6.42 Å². The van der Waals surface area contributed by atoms with Crippen molar-refractivity contribution < 1.29 is 4.79 Å². The van der Waals surface area contributed by atoms with Crippen LogP contribution in [0.3, 0.4) is 0 Å². The lowest BCUT2D eigenvalue weighted by Crippen LogP contribution is -2.18. The maximum Gasteiger partial charge on any atom is 0.224 e. The van der Waals surface area contributed by atoms with Gasteiger partial charge >= 0.3 is 0 Å². The number of halogens is 1. The average molecular weight is 317 g/mol. The number of carbonyl (C=O) groups excluding carboxylic acids is 1. The zero-order chi connectivity index (χ0) is 15.9. The fraction of sp³-hybridized carbons (Fsp3) is 0.278. The van der Waals surface area contributed by atoms with E-state index in [1.165, 1.54) is 11.1 Å². The van der Waals surface area contributed by atoms with E-state index in [4.69, 9.17) is 11.6 Å². The molecule has 1 atom stereocenters. The fourth-order valence-electron chi connectivity index (χ4n) is 2.10. The summed E-state index contributed by atoms with van der Waals surface area (Å²) in [7, 11) is 0. The molecule has 0 heterocycles. The summed E-state index contributed by atoms with van der Waals surface area (Å²) in [4.78, 5) is 11.4. The molecular formula is C18H21ClN2O. The van der Waals surface area contributed by atoms with Gasteiger partial charge in [-0.3, -0.25) is 4.79 Å². The minimum absolute atomic E-state index is 0.0293. The summed E-state index contributed by atoms with van der Waals surface area (Å²) >= 11 is 5.88. The minimum Gasteiger partial charge on any atom is -0.326 e. The Kier molecular flexibility index (Phi) is 5.99. The zero-order valence-corrected chi connectivity index (χ0v) is 13.7. The summed E-state index contributed by atoms with van der Waals surface area (Å²) in [5.74, 6) is 0.0293. The van der Waals surface area contributed by atoms with Crippen molar-refractivity contribution in [1.82, 2.24) is 5.32 Å². The third-order valence-electron chi connectivity index (χ3n) is 3.54. The van der Waals surface area contributed by atoms with E-state index < -0.39 is 0 Å². The van der Waals surface area contributed by atoms with Gasteiger partial charge in [0.05, 0.1) is 0 Å². The van der Waals surface area contributed by atoms with Crippen LogP contribution in [0.4, 0.5) is 5.69 Å². The Morgan fingerprint density at radius 3 is 2.32 bits per heavy atom. The molecule has 2 rings (SSSR count). The van der Waals surface area contributed by atoms with Gasteiger partial charge in [0, 0.05) is 29.7 Å². The molecule has 0 bridgehead atoms. The van der Waals surface area contributed by atoms with Gasteiger partial charge in [-0.15, -0.1) is 0 Å². The molecule has 0 aliphatic heterocycles. The molecule has 0 saturated carbocycles. The number of hydrogen-bond acceptors (Lipinski definition) is 2. The molecule has 0 aliphatic carbocycles. The number of carbonyl (C=O) groups is 1. The summed E-state index contributed by atoms with van der Waals surface area (Å²) < 4.78 is 0. The van der Waals surface area contributed by atoms with Crippen LogP contribution in [0.2, 0.25) is 5.02 Å². The Hall–Kier alpha value is -1.84. The lowest BCUT2D eigenvalue weighted by molar-refractivity contribution is -0.115. The fourth-order valence-corrected chi connectivity index (χ4v) is 2.22. The molecule has 0 spiro atoms. The molecule has 0 unspecified atom stereocenters. The van der Waals surface area contributed by atoms with Crippen molar-refractivity contribution in [1.29, 1.82) is 0 Å². The second-order valence-electron chi connectivity index (χ2n) is 5.25. The molecule has 0 aromatic heterocycles. The second-order valence-corrected chi connectivity index (χ2v) is 5.69. The van der Waals surface area contributed by atoms with Crippen molar-refractivity contribution in [2.24, 2.45) is 0 Å². The van der Waals surface area contributed by atoms with Crippen LogP contribution in [0.15, 0.2) is 48.5 Å².